The van der Waals surface area contributed by atoms with Crippen LogP contribution in [0.25, 0.3) is 0 Å². The zero-order valence-corrected chi connectivity index (χ0v) is 21.4. The average molecular weight is 480 g/mol. The monoisotopic (exact) mass is 479 g/mol. The van der Waals surface area contributed by atoms with Crippen molar-refractivity contribution in [1.29, 1.82) is 0 Å². The number of likely N-dealkylation sites (tertiary alicyclic amines) is 1. The van der Waals surface area contributed by atoms with Gasteiger partial charge in [-0.3, -0.25) is 4.79 Å². The number of esters is 1. The molecule has 5 heteroatoms. The van der Waals surface area contributed by atoms with E-state index in [1.165, 1.54) is 38.2 Å². The molecule has 0 saturated carbocycles. The molecule has 3 rings (SSSR count). The lowest BCUT2D eigenvalue weighted by Gasteiger charge is -2.34. The maximum Gasteiger partial charge on any atom is 0.329 e. The van der Waals surface area contributed by atoms with Gasteiger partial charge in [0.2, 0.25) is 5.91 Å². The second kappa shape index (κ2) is 14.6. The number of hydrogen-bond donors (Lipinski definition) is 0. The number of carbonyl (C=O) groups excluding carboxylic acids is 2. The Bertz CT molecular complexity index is 914. The Morgan fingerprint density at radius 1 is 1.00 bits per heavy atom. The SMILES string of the molecule is CCCCCCCOc1cccc([C@@H](CCc2ccccc2)OC(=O)[C@@H]2CCCCN2C(C)=O)c1. The standard InChI is InChI=1S/C30H41NO4/c1-3-4-5-6-12-22-34-27-17-13-16-26(23-27)29(20-19-25-14-8-7-9-15-25)35-30(33)28-18-10-11-21-31(28)24(2)32/h7-9,13-17,23,28-29H,3-6,10-12,18-22H2,1-2H3/t28-,29+/m0/s1. The number of unbranched alkanes of at least 4 members (excludes halogenated alkanes) is 4. The molecule has 5 nitrogen and oxygen atoms in total. The first-order valence-electron chi connectivity index (χ1n) is 13.3. The summed E-state index contributed by atoms with van der Waals surface area (Å²) in [5.74, 6) is 0.434. The molecule has 0 N–H and O–H groups in total. The second-order valence-electron chi connectivity index (χ2n) is 9.51. The Morgan fingerprint density at radius 3 is 2.57 bits per heavy atom. The minimum Gasteiger partial charge on any atom is -0.494 e. The number of rotatable bonds is 13. The van der Waals surface area contributed by atoms with E-state index in [1.807, 2.05) is 42.5 Å². The third-order valence-corrected chi connectivity index (χ3v) is 6.72. The molecule has 0 radical (unpaired) electrons. The Balaban J connectivity index is 1.69. The number of ether oxygens (including phenoxy) is 2. The van der Waals surface area contributed by atoms with E-state index in [1.54, 1.807) is 4.90 Å². The molecule has 0 aromatic heterocycles. The predicted octanol–water partition coefficient (Wildman–Crippen LogP) is 6.65. The van der Waals surface area contributed by atoms with Gasteiger partial charge in [0, 0.05) is 13.5 Å². The minimum absolute atomic E-state index is 0.0678. The third-order valence-electron chi connectivity index (χ3n) is 6.72. The number of benzene rings is 2. The Morgan fingerprint density at radius 2 is 1.80 bits per heavy atom. The highest BCUT2D eigenvalue weighted by molar-refractivity contribution is 5.83. The first-order valence-corrected chi connectivity index (χ1v) is 13.3. The van der Waals surface area contributed by atoms with Gasteiger partial charge in [-0.25, -0.2) is 4.79 Å². The molecule has 0 unspecified atom stereocenters. The molecule has 1 saturated heterocycles. The maximum atomic E-state index is 13.2. The molecular formula is C30H41NO4. The van der Waals surface area contributed by atoms with E-state index in [0.717, 1.165) is 37.0 Å². The second-order valence-corrected chi connectivity index (χ2v) is 9.51. The summed E-state index contributed by atoms with van der Waals surface area (Å²) in [5.41, 5.74) is 2.14. The number of carbonyl (C=O) groups is 2. The molecule has 0 spiro atoms. The van der Waals surface area contributed by atoms with Crippen LogP contribution in [0.5, 0.6) is 5.75 Å². The fraction of sp³-hybridized carbons (Fsp3) is 0.533. The summed E-state index contributed by atoms with van der Waals surface area (Å²) in [7, 11) is 0. The largest absolute Gasteiger partial charge is 0.494 e. The lowest BCUT2D eigenvalue weighted by atomic mass is 9.99. The lowest BCUT2D eigenvalue weighted by molar-refractivity contribution is -0.161. The van der Waals surface area contributed by atoms with Crippen LogP contribution in [0.4, 0.5) is 0 Å². The molecule has 1 aliphatic heterocycles. The van der Waals surface area contributed by atoms with E-state index in [9.17, 15) is 9.59 Å². The first-order chi connectivity index (χ1) is 17.1. The summed E-state index contributed by atoms with van der Waals surface area (Å²) in [6.45, 7) is 5.05. The van der Waals surface area contributed by atoms with Gasteiger partial charge >= 0.3 is 5.97 Å². The third kappa shape index (κ3) is 8.72. The van der Waals surface area contributed by atoms with E-state index < -0.39 is 12.1 Å². The van der Waals surface area contributed by atoms with Gasteiger partial charge in [0.1, 0.15) is 17.9 Å². The molecule has 2 aromatic carbocycles. The summed E-state index contributed by atoms with van der Waals surface area (Å²) in [6, 6.07) is 17.7. The molecule has 1 heterocycles. The topological polar surface area (TPSA) is 55.8 Å². The highest BCUT2D eigenvalue weighted by Gasteiger charge is 2.33. The van der Waals surface area contributed by atoms with E-state index in [4.69, 9.17) is 9.47 Å². The highest BCUT2D eigenvalue weighted by atomic mass is 16.5. The van der Waals surface area contributed by atoms with E-state index in [-0.39, 0.29) is 11.9 Å². The number of hydrogen-bond acceptors (Lipinski definition) is 4. The van der Waals surface area contributed by atoms with Crippen LogP contribution in [0.2, 0.25) is 0 Å². The average Bonchev–Trinajstić information content (AvgIpc) is 2.89. The molecule has 1 aliphatic rings. The normalized spacial score (nSPS) is 16.5. The van der Waals surface area contributed by atoms with E-state index >= 15 is 0 Å². The van der Waals surface area contributed by atoms with Crippen LogP contribution in [0, 0.1) is 0 Å². The van der Waals surface area contributed by atoms with Gasteiger partial charge in [-0.15, -0.1) is 0 Å². The number of nitrogens with zero attached hydrogens (tertiary/aromatic N) is 1. The van der Waals surface area contributed by atoms with Crippen molar-refractivity contribution >= 4 is 11.9 Å². The first kappa shape index (κ1) is 26.8. The molecule has 1 amide bonds. The Kier molecular flexibility index (Phi) is 11.1. The fourth-order valence-corrected chi connectivity index (χ4v) is 4.71. The van der Waals surface area contributed by atoms with Crippen LogP contribution in [-0.4, -0.2) is 36.0 Å². The van der Waals surface area contributed by atoms with Crippen LogP contribution >= 0.6 is 0 Å². The van der Waals surface area contributed by atoms with Gasteiger partial charge in [-0.2, -0.15) is 0 Å². The number of aryl methyl sites for hydroxylation is 1. The summed E-state index contributed by atoms with van der Waals surface area (Å²) < 4.78 is 12.1. The quantitative estimate of drug-likeness (QED) is 0.238. The van der Waals surface area contributed by atoms with Crippen molar-refractivity contribution in [2.75, 3.05) is 13.2 Å². The molecule has 190 valence electrons. The van der Waals surface area contributed by atoms with Crippen molar-refractivity contribution in [1.82, 2.24) is 4.90 Å². The van der Waals surface area contributed by atoms with E-state index in [2.05, 4.69) is 19.1 Å². The van der Waals surface area contributed by atoms with Crippen molar-refractivity contribution in [3.05, 3.63) is 65.7 Å². The van der Waals surface area contributed by atoms with Crippen molar-refractivity contribution in [3.63, 3.8) is 0 Å². The zero-order valence-electron chi connectivity index (χ0n) is 21.4. The molecule has 35 heavy (non-hydrogen) atoms. The fourth-order valence-electron chi connectivity index (χ4n) is 4.71. The minimum atomic E-state index is -0.497. The summed E-state index contributed by atoms with van der Waals surface area (Å²) in [4.78, 5) is 27.0. The van der Waals surface area contributed by atoms with Crippen LogP contribution in [-0.2, 0) is 20.7 Å². The van der Waals surface area contributed by atoms with Gasteiger partial charge < -0.3 is 14.4 Å². The number of piperidine rings is 1. The van der Waals surface area contributed by atoms with Gasteiger partial charge in [0.25, 0.3) is 0 Å². The lowest BCUT2D eigenvalue weighted by Crippen LogP contribution is -2.48. The maximum absolute atomic E-state index is 13.2. The van der Waals surface area contributed by atoms with Gasteiger partial charge in [0.15, 0.2) is 0 Å². The van der Waals surface area contributed by atoms with Crippen molar-refractivity contribution in [3.8, 4) is 5.75 Å². The number of amides is 1. The van der Waals surface area contributed by atoms with Crippen molar-refractivity contribution in [2.45, 2.75) is 90.2 Å². The van der Waals surface area contributed by atoms with Crippen molar-refractivity contribution < 1.29 is 19.1 Å². The van der Waals surface area contributed by atoms with Gasteiger partial charge in [-0.1, -0.05) is 75.1 Å². The Labute approximate surface area is 210 Å². The predicted molar refractivity (Wildman–Crippen MR) is 139 cm³/mol. The molecule has 0 aliphatic carbocycles. The van der Waals surface area contributed by atoms with E-state index in [0.29, 0.717) is 26.0 Å². The summed E-state index contributed by atoms with van der Waals surface area (Å²) in [6.07, 6.45) is 9.55. The molecular weight excluding hydrogens is 438 g/mol. The molecule has 2 atom stereocenters. The molecule has 1 fully saturated rings. The summed E-state index contributed by atoms with van der Waals surface area (Å²) in [5, 5.41) is 0. The van der Waals surface area contributed by atoms with Gasteiger partial charge in [0.05, 0.1) is 6.61 Å². The van der Waals surface area contributed by atoms with Crippen LogP contribution in [0.15, 0.2) is 54.6 Å². The zero-order chi connectivity index (χ0) is 24.9. The highest BCUT2D eigenvalue weighted by Crippen LogP contribution is 2.29. The smallest absolute Gasteiger partial charge is 0.329 e. The van der Waals surface area contributed by atoms with Crippen LogP contribution in [0.3, 0.4) is 0 Å². The van der Waals surface area contributed by atoms with Gasteiger partial charge in [-0.05, 0) is 61.8 Å². The molecule has 2 aromatic rings. The Hall–Kier alpha value is -2.82. The van der Waals surface area contributed by atoms with Crippen LogP contribution in [0.1, 0.15) is 88.9 Å². The molecule has 0 bridgehead atoms. The van der Waals surface area contributed by atoms with Crippen molar-refractivity contribution in [2.24, 2.45) is 0 Å². The summed E-state index contributed by atoms with van der Waals surface area (Å²) >= 11 is 0. The van der Waals surface area contributed by atoms with Crippen LogP contribution < -0.4 is 4.74 Å².